The highest BCUT2D eigenvalue weighted by molar-refractivity contribution is 6.34. The Balaban J connectivity index is 1.83. The van der Waals surface area contributed by atoms with Gasteiger partial charge in [-0.1, -0.05) is 36.0 Å². The Hall–Kier alpha value is -2.25. The molecule has 1 fully saturated rings. The maximum atomic E-state index is 12.8. The van der Waals surface area contributed by atoms with E-state index in [9.17, 15) is 22.8 Å². The predicted octanol–water partition coefficient (Wildman–Crippen LogP) is 5.94. The number of anilines is 1. The van der Waals surface area contributed by atoms with Gasteiger partial charge in [0, 0.05) is 11.1 Å². The van der Waals surface area contributed by atoms with Crippen LogP contribution in [0, 0.1) is 0 Å². The van der Waals surface area contributed by atoms with E-state index < -0.39 is 23.6 Å². The summed E-state index contributed by atoms with van der Waals surface area (Å²) in [5.41, 5.74) is -0.808. The molecule has 0 heterocycles. The first-order valence-corrected chi connectivity index (χ1v) is 9.69. The summed E-state index contributed by atoms with van der Waals surface area (Å²) in [5, 5.41) is 5.31. The van der Waals surface area contributed by atoms with Crippen LogP contribution in [0.4, 0.5) is 18.9 Å². The van der Waals surface area contributed by atoms with Crippen molar-refractivity contribution in [1.82, 2.24) is 5.32 Å². The fourth-order valence-electron chi connectivity index (χ4n) is 3.22. The number of rotatable bonds is 4. The van der Waals surface area contributed by atoms with E-state index in [0.29, 0.717) is 0 Å². The van der Waals surface area contributed by atoms with Crippen LogP contribution in [0.3, 0.4) is 0 Å². The molecule has 2 aromatic rings. The molecule has 2 N–H and O–H groups in total. The molecule has 9 heteroatoms. The van der Waals surface area contributed by atoms with Crippen molar-refractivity contribution in [3.8, 4) is 0 Å². The Labute approximate surface area is 175 Å². The second-order valence-corrected chi connectivity index (χ2v) is 7.63. The SMILES string of the molecule is O=C(Nc1ccc(C(F)(F)F)cc1Cl)c1cc(Cl)ccc1C(=O)NC1CCCC1. The first-order chi connectivity index (χ1) is 13.6. The van der Waals surface area contributed by atoms with Crippen LogP contribution >= 0.6 is 23.2 Å². The van der Waals surface area contributed by atoms with Crippen LogP contribution in [0.25, 0.3) is 0 Å². The Morgan fingerprint density at radius 2 is 1.62 bits per heavy atom. The molecule has 0 saturated heterocycles. The van der Waals surface area contributed by atoms with Crippen LogP contribution in [0.15, 0.2) is 36.4 Å². The second kappa shape index (κ2) is 8.63. The monoisotopic (exact) mass is 444 g/mol. The number of alkyl halides is 3. The van der Waals surface area contributed by atoms with Gasteiger partial charge in [-0.25, -0.2) is 0 Å². The number of hydrogen-bond acceptors (Lipinski definition) is 2. The first kappa shape index (κ1) is 21.5. The smallest absolute Gasteiger partial charge is 0.349 e. The molecule has 0 bridgehead atoms. The molecule has 1 aliphatic rings. The normalized spacial score (nSPS) is 14.7. The molecule has 0 spiro atoms. The zero-order valence-electron chi connectivity index (χ0n) is 15.1. The summed E-state index contributed by atoms with van der Waals surface area (Å²) in [6.07, 6.45) is -0.731. The third-order valence-electron chi connectivity index (χ3n) is 4.71. The van der Waals surface area contributed by atoms with E-state index in [-0.39, 0.29) is 32.9 Å². The van der Waals surface area contributed by atoms with Gasteiger partial charge in [0.15, 0.2) is 0 Å². The summed E-state index contributed by atoms with van der Waals surface area (Å²) in [7, 11) is 0. The maximum absolute atomic E-state index is 12.8. The highest BCUT2D eigenvalue weighted by atomic mass is 35.5. The first-order valence-electron chi connectivity index (χ1n) is 8.93. The van der Waals surface area contributed by atoms with Crippen molar-refractivity contribution in [2.45, 2.75) is 37.9 Å². The molecule has 2 aromatic carbocycles. The summed E-state index contributed by atoms with van der Waals surface area (Å²) in [6.45, 7) is 0. The summed E-state index contributed by atoms with van der Waals surface area (Å²) < 4.78 is 38.3. The van der Waals surface area contributed by atoms with Crippen molar-refractivity contribution in [2.75, 3.05) is 5.32 Å². The highest BCUT2D eigenvalue weighted by Gasteiger charge is 2.31. The molecular weight excluding hydrogens is 428 g/mol. The van der Waals surface area contributed by atoms with Crippen molar-refractivity contribution in [1.29, 1.82) is 0 Å². The number of amides is 2. The third-order valence-corrected chi connectivity index (χ3v) is 5.25. The number of carbonyl (C=O) groups is 2. The Morgan fingerprint density at radius 1 is 0.931 bits per heavy atom. The van der Waals surface area contributed by atoms with Crippen molar-refractivity contribution in [3.05, 3.63) is 63.1 Å². The van der Waals surface area contributed by atoms with Crippen LogP contribution in [0.1, 0.15) is 52.0 Å². The molecule has 0 aliphatic heterocycles. The second-order valence-electron chi connectivity index (χ2n) is 6.79. The number of carbonyl (C=O) groups excluding carboxylic acids is 2. The standard InChI is InChI=1S/C20H17Cl2F3N2O2/c21-12-6-7-14(18(28)26-13-3-1-2-4-13)15(10-12)19(29)27-17-8-5-11(9-16(17)22)20(23,24)25/h5-10,13H,1-4H2,(H,26,28)(H,27,29). The molecule has 4 nitrogen and oxygen atoms in total. The topological polar surface area (TPSA) is 58.2 Å². The molecule has 3 rings (SSSR count). The van der Waals surface area contributed by atoms with E-state index >= 15 is 0 Å². The molecule has 2 amide bonds. The summed E-state index contributed by atoms with van der Waals surface area (Å²) in [6, 6.07) is 6.92. The van der Waals surface area contributed by atoms with E-state index in [4.69, 9.17) is 23.2 Å². The van der Waals surface area contributed by atoms with E-state index in [2.05, 4.69) is 10.6 Å². The molecule has 1 aliphatic carbocycles. The molecule has 0 aromatic heterocycles. The van der Waals surface area contributed by atoms with Crippen LogP contribution in [-0.2, 0) is 6.18 Å². The minimum absolute atomic E-state index is 0.00367. The lowest BCUT2D eigenvalue weighted by Gasteiger charge is -2.15. The van der Waals surface area contributed by atoms with Gasteiger partial charge in [-0.05, 0) is 49.2 Å². The lowest BCUT2D eigenvalue weighted by Crippen LogP contribution is -2.34. The van der Waals surface area contributed by atoms with Crippen molar-refractivity contribution in [2.24, 2.45) is 0 Å². The van der Waals surface area contributed by atoms with Gasteiger partial charge in [0.05, 0.1) is 27.4 Å². The van der Waals surface area contributed by atoms with E-state index in [0.717, 1.165) is 43.9 Å². The van der Waals surface area contributed by atoms with Gasteiger partial charge in [0.2, 0.25) is 0 Å². The minimum Gasteiger partial charge on any atom is -0.349 e. The molecular formula is C20H17Cl2F3N2O2. The minimum atomic E-state index is -4.55. The number of hydrogen-bond donors (Lipinski definition) is 2. The number of nitrogens with one attached hydrogen (secondary N) is 2. The predicted molar refractivity (Wildman–Crippen MR) is 106 cm³/mol. The quantitative estimate of drug-likeness (QED) is 0.613. The van der Waals surface area contributed by atoms with E-state index in [1.807, 2.05) is 0 Å². The zero-order valence-corrected chi connectivity index (χ0v) is 16.6. The summed E-state index contributed by atoms with van der Waals surface area (Å²) in [5.74, 6) is -1.11. The van der Waals surface area contributed by atoms with Gasteiger partial charge >= 0.3 is 6.18 Å². The molecule has 0 radical (unpaired) electrons. The van der Waals surface area contributed by atoms with Crippen LogP contribution < -0.4 is 10.6 Å². The van der Waals surface area contributed by atoms with Gasteiger partial charge in [-0.3, -0.25) is 9.59 Å². The van der Waals surface area contributed by atoms with E-state index in [1.54, 1.807) is 0 Å². The van der Waals surface area contributed by atoms with Crippen molar-refractivity contribution >= 4 is 40.7 Å². The third kappa shape index (κ3) is 5.22. The Kier molecular flexibility index (Phi) is 6.39. The largest absolute Gasteiger partial charge is 0.416 e. The van der Waals surface area contributed by atoms with Gasteiger partial charge in [-0.15, -0.1) is 0 Å². The van der Waals surface area contributed by atoms with Gasteiger partial charge in [0.1, 0.15) is 0 Å². The summed E-state index contributed by atoms with van der Waals surface area (Å²) in [4.78, 5) is 25.4. The Morgan fingerprint density at radius 3 is 2.24 bits per heavy atom. The Bertz CT molecular complexity index is 942. The molecule has 0 atom stereocenters. The fourth-order valence-corrected chi connectivity index (χ4v) is 3.62. The van der Waals surface area contributed by atoms with Gasteiger partial charge in [-0.2, -0.15) is 13.2 Å². The van der Waals surface area contributed by atoms with Crippen LogP contribution in [-0.4, -0.2) is 17.9 Å². The van der Waals surface area contributed by atoms with E-state index in [1.165, 1.54) is 18.2 Å². The van der Waals surface area contributed by atoms with Crippen molar-refractivity contribution in [3.63, 3.8) is 0 Å². The van der Waals surface area contributed by atoms with Crippen LogP contribution in [0.2, 0.25) is 10.0 Å². The zero-order chi connectivity index (χ0) is 21.2. The summed E-state index contributed by atoms with van der Waals surface area (Å²) >= 11 is 11.9. The van der Waals surface area contributed by atoms with Crippen molar-refractivity contribution < 1.29 is 22.8 Å². The fraction of sp³-hybridized carbons (Fsp3) is 0.300. The molecule has 154 valence electrons. The molecule has 1 saturated carbocycles. The molecule has 29 heavy (non-hydrogen) atoms. The molecule has 0 unspecified atom stereocenters. The van der Waals surface area contributed by atoms with Crippen LogP contribution in [0.5, 0.6) is 0 Å². The average molecular weight is 445 g/mol. The maximum Gasteiger partial charge on any atom is 0.416 e. The number of halogens is 5. The van der Waals surface area contributed by atoms with Gasteiger partial charge < -0.3 is 10.6 Å². The highest BCUT2D eigenvalue weighted by Crippen LogP contribution is 2.34. The van der Waals surface area contributed by atoms with Gasteiger partial charge in [0.25, 0.3) is 11.8 Å². The average Bonchev–Trinajstić information content (AvgIpc) is 3.15. The lowest BCUT2D eigenvalue weighted by molar-refractivity contribution is -0.137. The number of benzene rings is 2. The lowest BCUT2D eigenvalue weighted by atomic mass is 10.0.